The molecule has 0 aliphatic heterocycles. The van der Waals surface area contributed by atoms with E-state index in [-0.39, 0.29) is 16.1 Å². The first-order valence-corrected chi connectivity index (χ1v) is 7.09. The van der Waals surface area contributed by atoms with Gasteiger partial charge in [-0.2, -0.15) is 5.26 Å². The molecule has 21 heavy (non-hydrogen) atoms. The van der Waals surface area contributed by atoms with Crippen molar-refractivity contribution in [3.05, 3.63) is 53.6 Å². The maximum Gasteiger partial charge on any atom is 0.264 e. The molecule has 0 fully saturated rings. The lowest BCUT2D eigenvalue weighted by Crippen LogP contribution is -2.16. The summed E-state index contributed by atoms with van der Waals surface area (Å²) in [6.07, 6.45) is 0. The minimum Gasteiger partial charge on any atom is -0.398 e. The van der Waals surface area contributed by atoms with Gasteiger partial charge in [-0.1, -0.05) is 0 Å². The number of anilines is 2. The molecule has 0 aliphatic carbocycles. The molecule has 3 N–H and O–H groups in total. The van der Waals surface area contributed by atoms with E-state index in [4.69, 9.17) is 11.0 Å². The first kappa shape index (κ1) is 14.7. The van der Waals surface area contributed by atoms with E-state index in [1.54, 1.807) is 0 Å². The third kappa shape index (κ3) is 3.09. The first-order chi connectivity index (χ1) is 9.83. The molecular weight excluding hydrogens is 300 g/mol. The molecule has 2 rings (SSSR count). The van der Waals surface area contributed by atoms with Gasteiger partial charge in [-0.05, 0) is 30.3 Å². The van der Waals surface area contributed by atoms with Crippen molar-refractivity contribution in [1.82, 2.24) is 0 Å². The van der Waals surface area contributed by atoms with E-state index in [2.05, 4.69) is 0 Å². The quantitative estimate of drug-likeness (QED) is 0.850. The fraction of sp³-hybridized carbons (Fsp3) is 0. The Morgan fingerprint density at radius 3 is 2.48 bits per heavy atom. The van der Waals surface area contributed by atoms with Crippen LogP contribution >= 0.6 is 0 Å². The number of hydrogen-bond donors (Lipinski definition) is 2. The third-order valence-electron chi connectivity index (χ3n) is 2.60. The van der Waals surface area contributed by atoms with Crippen molar-refractivity contribution in [2.24, 2.45) is 0 Å². The van der Waals surface area contributed by atoms with Crippen molar-refractivity contribution < 1.29 is 17.2 Å². The summed E-state index contributed by atoms with van der Waals surface area (Å²) in [5, 5.41) is 8.70. The molecule has 0 radical (unpaired) electrons. The van der Waals surface area contributed by atoms with Gasteiger partial charge in [0.15, 0.2) is 0 Å². The fourth-order valence-corrected chi connectivity index (χ4v) is 2.81. The maximum atomic E-state index is 13.5. The molecule has 0 heterocycles. The predicted octanol–water partition coefficient (Wildman–Crippen LogP) is 2.22. The number of rotatable bonds is 3. The van der Waals surface area contributed by atoms with Crippen molar-refractivity contribution in [2.45, 2.75) is 4.90 Å². The Labute approximate surface area is 119 Å². The predicted molar refractivity (Wildman–Crippen MR) is 72.7 cm³/mol. The highest BCUT2D eigenvalue weighted by molar-refractivity contribution is 7.92. The number of halogens is 2. The summed E-state index contributed by atoms with van der Waals surface area (Å²) in [5.74, 6) is -1.71. The van der Waals surface area contributed by atoms with Crippen molar-refractivity contribution >= 4 is 21.4 Å². The number of nitriles is 1. The number of hydrogen-bond acceptors (Lipinski definition) is 4. The standard InChI is InChI=1S/C13H9F2N3O2S/c14-9-2-3-10(15)12(6-9)18-21(19,20)13-4-1-8(7-16)5-11(13)17/h1-6,18H,17H2. The second-order valence-corrected chi connectivity index (χ2v) is 5.74. The molecule has 0 atom stereocenters. The van der Waals surface area contributed by atoms with Crippen LogP contribution < -0.4 is 10.5 Å². The summed E-state index contributed by atoms with van der Waals surface area (Å²) >= 11 is 0. The number of nitrogens with two attached hydrogens (primary N) is 1. The van der Waals surface area contributed by atoms with Crippen LogP contribution in [-0.4, -0.2) is 8.42 Å². The summed E-state index contributed by atoms with van der Waals surface area (Å²) in [5.41, 5.74) is 5.05. The second-order valence-electron chi connectivity index (χ2n) is 4.09. The highest BCUT2D eigenvalue weighted by Gasteiger charge is 2.19. The van der Waals surface area contributed by atoms with Gasteiger partial charge in [0.1, 0.15) is 16.5 Å². The molecule has 108 valence electrons. The van der Waals surface area contributed by atoms with Gasteiger partial charge in [0.2, 0.25) is 0 Å². The average molecular weight is 309 g/mol. The van der Waals surface area contributed by atoms with E-state index >= 15 is 0 Å². The lowest BCUT2D eigenvalue weighted by Gasteiger charge is -2.11. The zero-order chi connectivity index (χ0) is 15.6. The Hall–Kier alpha value is -2.66. The first-order valence-electron chi connectivity index (χ1n) is 5.61. The van der Waals surface area contributed by atoms with Crippen molar-refractivity contribution in [2.75, 3.05) is 10.5 Å². The molecular formula is C13H9F2N3O2S. The number of nitrogens with one attached hydrogen (secondary N) is 1. The minimum atomic E-state index is -4.20. The Morgan fingerprint density at radius 1 is 1.14 bits per heavy atom. The summed E-state index contributed by atoms with van der Waals surface area (Å²) in [7, 11) is -4.20. The Balaban J connectivity index is 2.44. The summed E-state index contributed by atoms with van der Waals surface area (Å²) in [4.78, 5) is -0.329. The van der Waals surface area contributed by atoms with Gasteiger partial charge in [0.25, 0.3) is 10.0 Å². The third-order valence-corrected chi connectivity index (χ3v) is 4.04. The lowest BCUT2D eigenvalue weighted by molar-refractivity contribution is 0.594. The Kier molecular flexibility index (Phi) is 3.78. The fourth-order valence-electron chi connectivity index (χ4n) is 1.64. The minimum absolute atomic E-state index is 0.168. The molecule has 0 aliphatic rings. The number of sulfonamides is 1. The molecule has 5 nitrogen and oxygen atoms in total. The monoisotopic (exact) mass is 309 g/mol. The van der Waals surface area contributed by atoms with Gasteiger partial charge in [0, 0.05) is 6.07 Å². The van der Waals surface area contributed by atoms with Crippen LogP contribution in [0.5, 0.6) is 0 Å². The highest BCUT2D eigenvalue weighted by Crippen LogP contribution is 2.24. The number of nitrogens with zero attached hydrogens (tertiary/aromatic N) is 1. The molecule has 0 saturated carbocycles. The van der Waals surface area contributed by atoms with Gasteiger partial charge < -0.3 is 5.73 Å². The van der Waals surface area contributed by atoms with Gasteiger partial charge in [0.05, 0.1) is 23.0 Å². The van der Waals surface area contributed by atoms with Gasteiger partial charge in [-0.3, -0.25) is 4.72 Å². The SMILES string of the molecule is N#Cc1ccc(S(=O)(=O)Nc2cc(F)ccc2F)c(N)c1. The highest BCUT2D eigenvalue weighted by atomic mass is 32.2. The Morgan fingerprint density at radius 2 is 1.86 bits per heavy atom. The van der Waals surface area contributed by atoms with E-state index < -0.39 is 27.3 Å². The molecule has 8 heteroatoms. The molecule has 0 amide bonds. The lowest BCUT2D eigenvalue weighted by atomic mass is 10.2. The van der Waals surface area contributed by atoms with Crippen LogP contribution in [0.1, 0.15) is 5.56 Å². The van der Waals surface area contributed by atoms with E-state index in [0.29, 0.717) is 6.07 Å². The summed E-state index contributed by atoms with van der Waals surface area (Å²) in [6.45, 7) is 0. The van der Waals surface area contributed by atoms with Crippen LogP contribution in [0.2, 0.25) is 0 Å². The molecule has 2 aromatic rings. The van der Waals surface area contributed by atoms with Crippen molar-refractivity contribution in [3.63, 3.8) is 0 Å². The average Bonchev–Trinajstić information content (AvgIpc) is 2.42. The van der Waals surface area contributed by atoms with E-state index in [0.717, 1.165) is 18.2 Å². The molecule has 0 bridgehead atoms. The number of benzene rings is 2. The van der Waals surface area contributed by atoms with Crippen LogP contribution in [0.4, 0.5) is 20.2 Å². The van der Waals surface area contributed by atoms with E-state index in [1.165, 1.54) is 12.1 Å². The zero-order valence-corrected chi connectivity index (χ0v) is 11.3. The van der Waals surface area contributed by atoms with E-state index in [9.17, 15) is 17.2 Å². The topological polar surface area (TPSA) is 96.0 Å². The van der Waals surface area contributed by atoms with Gasteiger partial charge in [-0.25, -0.2) is 17.2 Å². The molecule has 0 saturated heterocycles. The van der Waals surface area contributed by atoms with Crippen LogP contribution in [-0.2, 0) is 10.0 Å². The molecule has 2 aromatic carbocycles. The molecule has 0 aromatic heterocycles. The second kappa shape index (κ2) is 5.38. The smallest absolute Gasteiger partial charge is 0.264 e. The summed E-state index contributed by atoms with van der Waals surface area (Å²) in [6, 6.07) is 7.74. The van der Waals surface area contributed by atoms with E-state index in [1.807, 2.05) is 10.8 Å². The van der Waals surface area contributed by atoms with Gasteiger partial charge >= 0.3 is 0 Å². The van der Waals surface area contributed by atoms with Crippen LogP contribution in [0.15, 0.2) is 41.3 Å². The van der Waals surface area contributed by atoms with Crippen LogP contribution in [0.25, 0.3) is 0 Å². The zero-order valence-electron chi connectivity index (χ0n) is 10.5. The maximum absolute atomic E-state index is 13.5. The Bertz CT molecular complexity index is 845. The molecule has 0 unspecified atom stereocenters. The molecule has 0 spiro atoms. The largest absolute Gasteiger partial charge is 0.398 e. The van der Waals surface area contributed by atoms with Crippen LogP contribution in [0, 0.1) is 23.0 Å². The summed E-state index contributed by atoms with van der Waals surface area (Å²) < 4.78 is 52.7. The van der Waals surface area contributed by atoms with Gasteiger partial charge in [-0.15, -0.1) is 0 Å². The normalized spacial score (nSPS) is 10.9. The number of nitrogen functional groups attached to an aromatic ring is 1. The van der Waals surface area contributed by atoms with Crippen LogP contribution in [0.3, 0.4) is 0 Å². The van der Waals surface area contributed by atoms with Crippen molar-refractivity contribution in [3.8, 4) is 6.07 Å². The van der Waals surface area contributed by atoms with Crippen molar-refractivity contribution in [1.29, 1.82) is 5.26 Å².